The first kappa shape index (κ1) is 21.5. The zero-order valence-electron chi connectivity index (χ0n) is 18.1. The molecule has 4 heterocycles. The zero-order chi connectivity index (χ0) is 22.0. The Labute approximate surface area is 182 Å². The standard InChI is InChI=1S/C24H30N4O3/c1-3-7-16-9-10-20-21-18(14-27(20)24(16)31)19(15-29)22(23(30)26-11-4-2)28(21)13-17-8-5-6-12-25-17/h3,5-10,12,18-19,21-22,29H,4,11,13-15H2,1-2H3,(H,26,30)/b7-3-/t18-,19-,21+,22-/m1/s1. The Kier molecular flexibility index (Phi) is 6.34. The van der Waals surface area contributed by atoms with Gasteiger partial charge in [0.25, 0.3) is 5.56 Å². The summed E-state index contributed by atoms with van der Waals surface area (Å²) < 4.78 is 1.82. The number of rotatable bonds is 7. The number of aliphatic hydroxyl groups excluding tert-OH is 1. The topological polar surface area (TPSA) is 87.5 Å². The van der Waals surface area contributed by atoms with Crippen LogP contribution in [-0.4, -0.2) is 44.7 Å². The molecule has 0 aromatic carbocycles. The van der Waals surface area contributed by atoms with Crippen molar-refractivity contribution >= 4 is 12.0 Å². The van der Waals surface area contributed by atoms with Crippen LogP contribution in [0.4, 0.5) is 0 Å². The lowest BCUT2D eigenvalue weighted by Gasteiger charge is -2.30. The van der Waals surface area contributed by atoms with E-state index in [4.69, 9.17) is 0 Å². The van der Waals surface area contributed by atoms with E-state index in [-0.39, 0.29) is 36.0 Å². The van der Waals surface area contributed by atoms with Gasteiger partial charge in [-0.1, -0.05) is 25.1 Å². The molecular weight excluding hydrogens is 392 g/mol. The highest BCUT2D eigenvalue weighted by atomic mass is 16.3. The number of pyridine rings is 2. The molecule has 2 aliphatic rings. The molecule has 0 saturated carbocycles. The summed E-state index contributed by atoms with van der Waals surface area (Å²) in [5.74, 6) is -0.333. The van der Waals surface area contributed by atoms with Gasteiger partial charge in [0, 0.05) is 55.5 Å². The second-order valence-electron chi connectivity index (χ2n) is 8.31. The van der Waals surface area contributed by atoms with Gasteiger partial charge < -0.3 is 15.0 Å². The van der Waals surface area contributed by atoms with Crippen LogP contribution >= 0.6 is 0 Å². The number of hydrogen-bond donors (Lipinski definition) is 2. The first-order chi connectivity index (χ1) is 15.1. The summed E-state index contributed by atoms with van der Waals surface area (Å²) in [6.45, 7) is 5.39. The summed E-state index contributed by atoms with van der Waals surface area (Å²) in [5.41, 5.74) is 2.40. The smallest absolute Gasteiger partial charge is 0.258 e. The van der Waals surface area contributed by atoms with E-state index in [1.807, 2.05) is 60.9 Å². The van der Waals surface area contributed by atoms with Gasteiger partial charge >= 0.3 is 0 Å². The number of allylic oxidation sites excluding steroid dienone is 1. The number of nitrogens with zero attached hydrogens (tertiary/aromatic N) is 3. The second-order valence-corrected chi connectivity index (χ2v) is 8.31. The van der Waals surface area contributed by atoms with Gasteiger partial charge in [-0.2, -0.15) is 0 Å². The summed E-state index contributed by atoms with van der Waals surface area (Å²) in [5, 5.41) is 13.3. The Balaban J connectivity index is 1.77. The Bertz CT molecular complexity index is 1020. The van der Waals surface area contributed by atoms with Gasteiger partial charge in [0.15, 0.2) is 0 Å². The summed E-state index contributed by atoms with van der Waals surface area (Å²) in [6.07, 6.45) is 6.27. The molecule has 0 bridgehead atoms. The van der Waals surface area contributed by atoms with E-state index in [0.29, 0.717) is 25.2 Å². The fourth-order valence-corrected chi connectivity index (χ4v) is 5.14. The lowest BCUT2D eigenvalue weighted by atomic mass is 9.88. The molecule has 0 aliphatic carbocycles. The molecule has 1 fully saturated rings. The van der Waals surface area contributed by atoms with E-state index in [2.05, 4.69) is 15.2 Å². The molecule has 0 unspecified atom stereocenters. The van der Waals surface area contributed by atoms with Crippen LogP contribution in [0.2, 0.25) is 0 Å². The van der Waals surface area contributed by atoms with E-state index >= 15 is 0 Å². The number of nitrogens with one attached hydrogen (secondary N) is 1. The molecule has 2 aliphatic heterocycles. The predicted molar refractivity (Wildman–Crippen MR) is 119 cm³/mol. The molecule has 4 atom stereocenters. The number of aromatic nitrogens is 2. The first-order valence-electron chi connectivity index (χ1n) is 11.0. The van der Waals surface area contributed by atoms with E-state index in [9.17, 15) is 14.7 Å². The molecule has 7 heteroatoms. The number of likely N-dealkylation sites (tertiary alicyclic amines) is 1. The van der Waals surface area contributed by atoms with Crippen LogP contribution in [-0.2, 0) is 17.9 Å². The minimum absolute atomic E-state index is 0.0142. The van der Waals surface area contributed by atoms with Crippen molar-refractivity contribution in [2.45, 2.75) is 45.4 Å². The van der Waals surface area contributed by atoms with E-state index in [0.717, 1.165) is 17.8 Å². The number of fused-ring (bicyclic) bond motifs is 3. The highest BCUT2D eigenvalue weighted by Gasteiger charge is 2.55. The Hall–Kier alpha value is -2.77. The molecule has 7 nitrogen and oxygen atoms in total. The number of amides is 1. The molecule has 2 aromatic heterocycles. The highest BCUT2D eigenvalue weighted by Crippen LogP contribution is 2.49. The zero-order valence-corrected chi connectivity index (χ0v) is 18.1. The number of aliphatic hydroxyl groups is 1. The molecule has 1 saturated heterocycles. The van der Waals surface area contributed by atoms with Crippen LogP contribution in [0.5, 0.6) is 0 Å². The molecule has 0 radical (unpaired) electrons. The summed E-state index contributed by atoms with van der Waals surface area (Å²) in [6, 6.07) is 9.01. The van der Waals surface area contributed by atoms with Crippen molar-refractivity contribution in [2.75, 3.05) is 13.2 Å². The average Bonchev–Trinajstić information content (AvgIpc) is 3.30. The molecule has 2 N–H and O–H groups in total. The van der Waals surface area contributed by atoms with Crippen LogP contribution in [0.15, 0.2) is 47.4 Å². The normalized spacial score (nSPS) is 25.0. The maximum Gasteiger partial charge on any atom is 0.258 e. The van der Waals surface area contributed by atoms with Gasteiger partial charge in [0.1, 0.15) is 0 Å². The fourth-order valence-electron chi connectivity index (χ4n) is 5.14. The second kappa shape index (κ2) is 9.16. The molecule has 31 heavy (non-hydrogen) atoms. The third kappa shape index (κ3) is 3.83. The number of carbonyl (C=O) groups is 1. The van der Waals surface area contributed by atoms with E-state index in [1.54, 1.807) is 6.20 Å². The van der Waals surface area contributed by atoms with Crippen molar-refractivity contribution in [3.63, 3.8) is 0 Å². The van der Waals surface area contributed by atoms with Gasteiger partial charge in [0.05, 0.1) is 17.8 Å². The monoisotopic (exact) mass is 422 g/mol. The van der Waals surface area contributed by atoms with Crippen molar-refractivity contribution in [1.29, 1.82) is 0 Å². The SMILES string of the molecule is C/C=C\c1ccc2n(c1=O)C[C@@H]1[C@@H](CO)[C@H](C(=O)NCCC)N(Cc3ccccn3)[C@H]21. The van der Waals surface area contributed by atoms with Crippen LogP contribution in [0.3, 0.4) is 0 Å². The number of hydrogen-bond acceptors (Lipinski definition) is 5. The quantitative estimate of drug-likeness (QED) is 0.712. The van der Waals surface area contributed by atoms with Crippen molar-refractivity contribution in [3.05, 3.63) is 69.9 Å². The molecular formula is C24H30N4O3. The van der Waals surface area contributed by atoms with Crippen molar-refractivity contribution in [1.82, 2.24) is 19.8 Å². The third-order valence-electron chi connectivity index (χ3n) is 6.46. The summed E-state index contributed by atoms with van der Waals surface area (Å²) >= 11 is 0. The van der Waals surface area contributed by atoms with Crippen LogP contribution in [0.25, 0.3) is 6.08 Å². The summed E-state index contributed by atoms with van der Waals surface area (Å²) in [4.78, 5) is 32.8. The lowest BCUT2D eigenvalue weighted by molar-refractivity contribution is -0.128. The van der Waals surface area contributed by atoms with Crippen LogP contribution in [0.1, 0.15) is 43.3 Å². The third-order valence-corrected chi connectivity index (χ3v) is 6.46. The predicted octanol–water partition coefficient (Wildman–Crippen LogP) is 1.97. The van der Waals surface area contributed by atoms with Gasteiger partial charge in [-0.3, -0.25) is 19.5 Å². The first-order valence-corrected chi connectivity index (χ1v) is 11.0. The maximum absolute atomic E-state index is 13.2. The van der Waals surface area contributed by atoms with Crippen molar-refractivity contribution in [2.24, 2.45) is 11.8 Å². The van der Waals surface area contributed by atoms with Gasteiger partial charge in [-0.25, -0.2) is 0 Å². The Morgan fingerprint density at radius 2 is 2.16 bits per heavy atom. The summed E-state index contributed by atoms with van der Waals surface area (Å²) in [7, 11) is 0. The molecule has 2 aromatic rings. The molecule has 1 amide bonds. The van der Waals surface area contributed by atoms with Crippen molar-refractivity contribution < 1.29 is 9.90 Å². The minimum Gasteiger partial charge on any atom is -0.396 e. The molecule has 4 rings (SSSR count). The van der Waals surface area contributed by atoms with Crippen LogP contribution in [0, 0.1) is 11.8 Å². The van der Waals surface area contributed by atoms with E-state index in [1.165, 1.54) is 0 Å². The fraction of sp³-hybridized carbons (Fsp3) is 0.458. The van der Waals surface area contributed by atoms with Gasteiger partial charge in [-0.15, -0.1) is 0 Å². The van der Waals surface area contributed by atoms with E-state index < -0.39 is 6.04 Å². The van der Waals surface area contributed by atoms with Crippen LogP contribution < -0.4 is 10.9 Å². The molecule has 164 valence electrons. The minimum atomic E-state index is -0.465. The Morgan fingerprint density at radius 1 is 1.32 bits per heavy atom. The maximum atomic E-state index is 13.2. The number of carbonyl (C=O) groups excluding carboxylic acids is 1. The van der Waals surface area contributed by atoms with Gasteiger partial charge in [-0.05, 0) is 37.6 Å². The van der Waals surface area contributed by atoms with Crippen molar-refractivity contribution in [3.8, 4) is 0 Å². The lowest BCUT2D eigenvalue weighted by Crippen LogP contribution is -2.48. The average molecular weight is 423 g/mol. The Morgan fingerprint density at radius 3 is 2.84 bits per heavy atom. The largest absolute Gasteiger partial charge is 0.396 e. The van der Waals surface area contributed by atoms with Gasteiger partial charge in [0.2, 0.25) is 5.91 Å². The highest BCUT2D eigenvalue weighted by molar-refractivity contribution is 5.82. The molecule has 0 spiro atoms.